The number of rotatable bonds is 6. The lowest BCUT2D eigenvalue weighted by molar-refractivity contribution is 0.290. The second kappa shape index (κ2) is 6.52. The molecule has 20 heavy (non-hydrogen) atoms. The molecule has 1 aromatic heterocycles. The van der Waals surface area contributed by atoms with Crippen LogP contribution in [0.15, 0.2) is 30.6 Å². The number of imidazole rings is 1. The zero-order chi connectivity index (χ0) is 14.5. The number of benzene rings is 1. The van der Waals surface area contributed by atoms with Crippen LogP contribution in [0.5, 0.6) is 5.75 Å². The number of aryl methyl sites for hydroxylation is 1. The molecule has 1 heterocycles. The predicted molar refractivity (Wildman–Crippen MR) is 76.3 cm³/mol. The van der Waals surface area contributed by atoms with Crippen LogP contribution >= 0.6 is 0 Å². The average Bonchev–Trinajstić information content (AvgIpc) is 2.84. The Hall–Kier alpha value is -1.88. The van der Waals surface area contributed by atoms with Crippen LogP contribution < -0.4 is 10.1 Å². The lowest BCUT2D eigenvalue weighted by Gasteiger charge is -2.17. The van der Waals surface area contributed by atoms with E-state index in [1.165, 1.54) is 12.1 Å². The Labute approximate surface area is 118 Å². The van der Waals surface area contributed by atoms with E-state index in [4.69, 9.17) is 4.74 Å². The number of nitrogens with one attached hydrogen (secondary N) is 1. The zero-order valence-corrected chi connectivity index (χ0v) is 12.1. The standard InChI is InChI=1S/C15H20FN3O/c1-11(17-3)14-5-4-13(16)10-15(14)20-9-8-19-7-6-18-12(19)2/h4-7,10-11,17H,8-9H2,1-3H3. The van der Waals surface area contributed by atoms with Gasteiger partial charge < -0.3 is 14.6 Å². The van der Waals surface area contributed by atoms with Crippen molar-refractivity contribution in [3.63, 3.8) is 0 Å². The van der Waals surface area contributed by atoms with Gasteiger partial charge in [0.25, 0.3) is 0 Å². The van der Waals surface area contributed by atoms with Crippen LogP contribution in [0.4, 0.5) is 4.39 Å². The van der Waals surface area contributed by atoms with Crippen molar-refractivity contribution in [1.82, 2.24) is 14.9 Å². The lowest BCUT2D eigenvalue weighted by atomic mass is 10.1. The molecule has 0 bridgehead atoms. The molecule has 1 aromatic carbocycles. The van der Waals surface area contributed by atoms with Gasteiger partial charge in [-0.05, 0) is 27.0 Å². The van der Waals surface area contributed by atoms with Crippen molar-refractivity contribution in [2.45, 2.75) is 26.4 Å². The first-order valence-electron chi connectivity index (χ1n) is 6.69. The van der Waals surface area contributed by atoms with Crippen LogP contribution in [0.3, 0.4) is 0 Å². The maximum absolute atomic E-state index is 13.4. The fourth-order valence-corrected chi connectivity index (χ4v) is 2.04. The second-order valence-corrected chi connectivity index (χ2v) is 4.71. The van der Waals surface area contributed by atoms with Crippen LogP contribution in [-0.2, 0) is 6.54 Å². The van der Waals surface area contributed by atoms with Gasteiger partial charge in [-0.1, -0.05) is 6.07 Å². The summed E-state index contributed by atoms with van der Waals surface area (Å²) in [5, 5.41) is 3.14. The second-order valence-electron chi connectivity index (χ2n) is 4.71. The van der Waals surface area contributed by atoms with Gasteiger partial charge >= 0.3 is 0 Å². The first kappa shape index (κ1) is 14.5. The summed E-state index contributed by atoms with van der Waals surface area (Å²) in [5.41, 5.74) is 0.955. The van der Waals surface area contributed by atoms with Crippen LogP contribution in [0.25, 0.3) is 0 Å². The Bertz CT molecular complexity index is 568. The number of halogens is 1. The molecule has 1 atom stereocenters. The van der Waals surface area contributed by atoms with E-state index in [1.54, 1.807) is 12.3 Å². The van der Waals surface area contributed by atoms with Gasteiger partial charge in [-0.2, -0.15) is 0 Å². The Kier molecular flexibility index (Phi) is 4.74. The van der Waals surface area contributed by atoms with E-state index in [-0.39, 0.29) is 11.9 Å². The van der Waals surface area contributed by atoms with Gasteiger partial charge in [-0.3, -0.25) is 0 Å². The molecule has 4 nitrogen and oxygen atoms in total. The first-order valence-corrected chi connectivity index (χ1v) is 6.69. The molecular weight excluding hydrogens is 257 g/mol. The van der Waals surface area contributed by atoms with E-state index in [9.17, 15) is 4.39 Å². The van der Waals surface area contributed by atoms with Crippen molar-refractivity contribution >= 4 is 0 Å². The Morgan fingerprint density at radius 2 is 2.25 bits per heavy atom. The van der Waals surface area contributed by atoms with E-state index in [0.29, 0.717) is 18.9 Å². The fraction of sp³-hybridized carbons (Fsp3) is 0.400. The summed E-state index contributed by atoms with van der Waals surface area (Å²) in [6.07, 6.45) is 3.66. The van der Waals surface area contributed by atoms with Gasteiger partial charge in [-0.25, -0.2) is 9.37 Å². The molecule has 0 aliphatic heterocycles. The average molecular weight is 277 g/mol. The van der Waals surface area contributed by atoms with Gasteiger partial charge in [0.15, 0.2) is 0 Å². The largest absolute Gasteiger partial charge is 0.491 e. The maximum Gasteiger partial charge on any atom is 0.127 e. The molecular formula is C15H20FN3O. The molecule has 0 spiro atoms. The van der Waals surface area contributed by atoms with Gasteiger partial charge in [0.2, 0.25) is 0 Å². The van der Waals surface area contributed by atoms with Crippen molar-refractivity contribution in [1.29, 1.82) is 0 Å². The van der Waals surface area contributed by atoms with Gasteiger partial charge in [0, 0.05) is 30.1 Å². The molecule has 2 rings (SSSR count). The van der Waals surface area contributed by atoms with Crippen molar-refractivity contribution in [2.24, 2.45) is 0 Å². The Balaban J connectivity index is 2.04. The SMILES string of the molecule is CNC(C)c1ccc(F)cc1OCCn1ccnc1C. The summed E-state index contributed by atoms with van der Waals surface area (Å²) in [6, 6.07) is 4.76. The number of nitrogens with zero attached hydrogens (tertiary/aromatic N) is 2. The summed E-state index contributed by atoms with van der Waals surface area (Å²) in [4.78, 5) is 4.15. The van der Waals surface area contributed by atoms with E-state index in [2.05, 4.69) is 10.3 Å². The minimum atomic E-state index is -0.286. The predicted octanol–water partition coefficient (Wildman–Crippen LogP) is 2.69. The van der Waals surface area contributed by atoms with Crippen LogP contribution in [0.2, 0.25) is 0 Å². The van der Waals surface area contributed by atoms with E-state index < -0.39 is 0 Å². The molecule has 0 amide bonds. The molecule has 0 fully saturated rings. The summed E-state index contributed by atoms with van der Waals surface area (Å²) < 4.78 is 21.1. The van der Waals surface area contributed by atoms with Gasteiger partial charge in [0.1, 0.15) is 24.0 Å². The molecule has 0 aliphatic rings. The summed E-state index contributed by atoms with van der Waals surface area (Å²) >= 11 is 0. The van der Waals surface area contributed by atoms with Crippen molar-refractivity contribution in [2.75, 3.05) is 13.7 Å². The molecule has 0 saturated carbocycles. The highest BCUT2D eigenvalue weighted by Gasteiger charge is 2.11. The van der Waals surface area contributed by atoms with Crippen molar-refractivity contribution < 1.29 is 9.13 Å². The number of ether oxygens (including phenoxy) is 1. The minimum absolute atomic E-state index is 0.112. The molecule has 2 aromatic rings. The lowest BCUT2D eigenvalue weighted by Crippen LogP contribution is -2.15. The van der Waals surface area contributed by atoms with Crippen LogP contribution in [0.1, 0.15) is 24.4 Å². The molecule has 5 heteroatoms. The zero-order valence-electron chi connectivity index (χ0n) is 12.1. The smallest absolute Gasteiger partial charge is 0.127 e. The van der Waals surface area contributed by atoms with Crippen LogP contribution in [-0.4, -0.2) is 23.2 Å². The highest BCUT2D eigenvalue weighted by Crippen LogP contribution is 2.26. The highest BCUT2D eigenvalue weighted by molar-refractivity contribution is 5.36. The molecule has 0 aliphatic carbocycles. The third kappa shape index (κ3) is 3.36. The summed E-state index contributed by atoms with van der Waals surface area (Å²) in [7, 11) is 1.87. The Morgan fingerprint density at radius 1 is 1.45 bits per heavy atom. The molecule has 0 radical (unpaired) electrons. The topological polar surface area (TPSA) is 39.1 Å². The maximum atomic E-state index is 13.4. The van der Waals surface area contributed by atoms with Gasteiger partial charge in [-0.15, -0.1) is 0 Å². The number of hydrogen-bond donors (Lipinski definition) is 1. The summed E-state index contributed by atoms with van der Waals surface area (Å²) in [5.74, 6) is 1.24. The van der Waals surface area contributed by atoms with Gasteiger partial charge in [0.05, 0.1) is 6.54 Å². The third-order valence-electron chi connectivity index (χ3n) is 3.39. The number of aromatic nitrogens is 2. The normalized spacial score (nSPS) is 12.4. The van der Waals surface area contributed by atoms with E-state index >= 15 is 0 Å². The monoisotopic (exact) mass is 277 g/mol. The van der Waals surface area contributed by atoms with Crippen molar-refractivity contribution in [3.8, 4) is 5.75 Å². The molecule has 1 N–H and O–H groups in total. The fourth-order valence-electron chi connectivity index (χ4n) is 2.04. The first-order chi connectivity index (χ1) is 9.61. The molecule has 108 valence electrons. The Morgan fingerprint density at radius 3 is 2.90 bits per heavy atom. The molecule has 1 unspecified atom stereocenters. The highest BCUT2D eigenvalue weighted by atomic mass is 19.1. The minimum Gasteiger partial charge on any atom is -0.491 e. The van der Waals surface area contributed by atoms with E-state index in [1.807, 2.05) is 31.7 Å². The third-order valence-corrected chi connectivity index (χ3v) is 3.39. The quantitative estimate of drug-likeness (QED) is 0.882. The van der Waals surface area contributed by atoms with E-state index in [0.717, 1.165) is 11.4 Å². The summed E-state index contributed by atoms with van der Waals surface area (Å²) in [6.45, 7) is 5.12. The number of hydrogen-bond acceptors (Lipinski definition) is 3. The van der Waals surface area contributed by atoms with Crippen LogP contribution in [0, 0.1) is 12.7 Å². The molecule has 0 saturated heterocycles. The van der Waals surface area contributed by atoms with Crippen molar-refractivity contribution in [3.05, 3.63) is 47.8 Å².